The highest BCUT2D eigenvalue weighted by atomic mass is 35.5. The van der Waals surface area contributed by atoms with Crippen LogP contribution in [0.25, 0.3) is 0 Å². The van der Waals surface area contributed by atoms with Crippen molar-refractivity contribution in [2.75, 3.05) is 0 Å². The van der Waals surface area contributed by atoms with Gasteiger partial charge in [-0.1, -0.05) is 0 Å². The predicted molar refractivity (Wildman–Crippen MR) is 54.8 cm³/mol. The Hall–Kier alpha value is -1.62. The maximum atomic E-state index is 12.8. The average molecular weight is 301 g/mol. The minimum atomic E-state index is -5.16. The van der Waals surface area contributed by atoms with Gasteiger partial charge in [0, 0.05) is 5.88 Å². The number of halogens is 6. The fourth-order valence-corrected chi connectivity index (χ4v) is 1.56. The predicted octanol–water partition coefficient (Wildman–Crippen LogP) is 3.72. The van der Waals surface area contributed by atoms with Crippen molar-refractivity contribution in [2.24, 2.45) is 0 Å². The molecule has 1 aromatic rings. The van der Waals surface area contributed by atoms with Crippen LogP contribution in [-0.2, 0) is 12.3 Å². The Kier molecular flexibility index (Phi) is 4.89. The third-order valence-electron chi connectivity index (χ3n) is 2.00. The first-order chi connectivity index (χ1) is 8.78. The summed E-state index contributed by atoms with van der Waals surface area (Å²) in [6, 6.07) is 2.70. The maximum Gasteiger partial charge on any atom is 0.574 e. The van der Waals surface area contributed by atoms with E-state index in [1.54, 1.807) is 6.07 Å². The number of hydrogen-bond donors (Lipinski definition) is 0. The monoisotopic (exact) mass is 300 g/mol. The molecular weight excluding hydrogens is 295 g/mol. The molecule has 0 N–H and O–H groups in total. The van der Waals surface area contributed by atoms with E-state index >= 15 is 0 Å². The molecule has 0 aromatic carbocycles. The summed E-state index contributed by atoms with van der Waals surface area (Å²) in [4.78, 5) is 3.27. The molecule has 0 amide bonds. The summed E-state index contributed by atoms with van der Waals surface area (Å²) in [5.74, 6) is -1.72. The van der Waals surface area contributed by atoms with Crippen LogP contribution in [0.15, 0.2) is 6.07 Å². The van der Waals surface area contributed by atoms with Crippen LogP contribution in [0.2, 0.25) is 0 Å². The van der Waals surface area contributed by atoms with Crippen LogP contribution in [0, 0.1) is 11.3 Å². The minimum Gasteiger partial charge on any atom is -0.387 e. The molecule has 104 valence electrons. The van der Waals surface area contributed by atoms with E-state index in [1.807, 2.05) is 0 Å². The van der Waals surface area contributed by atoms with Crippen LogP contribution < -0.4 is 4.74 Å². The van der Waals surface area contributed by atoms with E-state index in [-0.39, 0.29) is 17.7 Å². The van der Waals surface area contributed by atoms with Crippen LogP contribution in [0.3, 0.4) is 0 Å². The Bertz CT molecular complexity index is 498. The fourth-order valence-electron chi connectivity index (χ4n) is 1.34. The Morgan fingerprint density at radius 2 is 2.05 bits per heavy atom. The first-order valence-electron chi connectivity index (χ1n) is 4.78. The van der Waals surface area contributed by atoms with E-state index in [2.05, 4.69) is 9.72 Å². The number of nitriles is 1. The van der Waals surface area contributed by atoms with Crippen molar-refractivity contribution >= 4 is 11.6 Å². The third kappa shape index (κ3) is 4.21. The highest BCUT2D eigenvalue weighted by Crippen LogP contribution is 2.35. The van der Waals surface area contributed by atoms with E-state index < -0.39 is 30.1 Å². The molecule has 0 unspecified atom stereocenters. The first kappa shape index (κ1) is 15.4. The van der Waals surface area contributed by atoms with Gasteiger partial charge in [-0.25, -0.2) is 13.8 Å². The fraction of sp³-hybridized carbons (Fsp3) is 0.400. The van der Waals surface area contributed by atoms with Crippen molar-refractivity contribution in [1.82, 2.24) is 4.98 Å². The Morgan fingerprint density at radius 1 is 1.42 bits per heavy atom. The minimum absolute atomic E-state index is 0.123. The topological polar surface area (TPSA) is 45.9 Å². The second-order valence-corrected chi connectivity index (χ2v) is 3.58. The smallest absolute Gasteiger partial charge is 0.387 e. The Balaban J connectivity index is 3.37. The van der Waals surface area contributed by atoms with Crippen LogP contribution in [0.4, 0.5) is 22.0 Å². The molecule has 0 spiro atoms. The zero-order chi connectivity index (χ0) is 14.6. The molecule has 3 nitrogen and oxygen atoms in total. The van der Waals surface area contributed by atoms with Crippen LogP contribution in [0.1, 0.15) is 23.2 Å². The van der Waals surface area contributed by atoms with E-state index in [0.717, 1.165) is 6.07 Å². The molecule has 0 atom stereocenters. The van der Waals surface area contributed by atoms with Gasteiger partial charge in [0.25, 0.3) is 6.43 Å². The lowest BCUT2D eigenvalue weighted by molar-refractivity contribution is -0.276. The van der Waals surface area contributed by atoms with Gasteiger partial charge in [0.05, 0.1) is 23.7 Å². The lowest BCUT2D eigenvalue weighted by Crippen LogP contribution is -2.20. The zero-order valence-corrected chi connectivity index (χ0v) is 9.90. The summed E-state index contributed by atoms with van der Waals surface area (Å²) in [5.41, 5.74) is -1.40. The highest BCUT2D eigenvalue weighted by Gasteiger charge is 2.35. The largest absolute Gasteiger partial charge is 0.574 e. The molecule has 0 saturated heterocycles. The summed E-state index contributed by atoms with van der Waals surface area (Å²) in [6.07, 6.45) is -8.73. The Labute approximate surface area is 109 Å². The standard InChI is InChI=1S/C10H6ClF5N2O/c11-4-5-3-6(1-2-17)18-9(7(5)8(12)13)19-10(14,15)16/h3,8H,1,4H2. The lowest BCUT2D eigenvalue weighted by atomic mass is 10.1. The highest BCUT2D eigenvalue weighted by molar-refractivity contribution is 6.17. The normalized spacial score (nSPS) is 11.5. The molecular formula is C10H6ClF5N2O. The van der Waals surface area contributed by atoms with Gasteiger partial charge in [0.15, 0.2) is 0 Å². The number of aromatic nitrogens is 1. The number of nitrogens with zero attached hydrogens (tertiary/aromatic N) is 2. The van der Waals surface area contributed by atoms with Crippen LogP contribution in [0.5, 0.6) is 5.88 Å². The van der Waals surface area contributed by atoms with Crippen molar-refractivity contribution in [3.63, 3.8) is 0 Å². The molecule has 1 rings (SSSR count). The summed E-state index contributed by atoms with van der Waals surface area (Å²) in [5, 5.41) is 8.45. The number of pyridine rings is 1. The quantitative estimate of drug-likeness (QED) is 0.629. The summed E-state index contributed by atoms with van der Waals surface area (Å²) < 4.78 is 65.4. The second kappa shape index (κ2) is 6.02. The molecule has 1 aromatic heterocycles. The van der Waals surface area contributed by atoms with Gasteiger partial charge in [-0.2, -0.15) is 5.26 Å². The number of alkyl halides is 6. The molecule has 0 fully saturated rings. The molecule has 9 heteroatoms. The van der Waals surface area contributed by atoms with Gasteiger partial charge in [0.1, 0.15) is 0 Å². The molecule has 19 heavy (non-hydrogen) atoms. The first-order valence-corrected chi connectivity index (χ1v) is 5.31. The SMILES string of the molecule is N#CCc1cc(CCl)c(C(F)F)c(OC(F)(F)F)n1. The molecule has 1 heterocycles. The van der Waals surface area contributed by atoms with Crippen molar-refractivity contribution < 1.29 is 26.7 Å². The summed E-state index contributed by atoms with van der Waals surface area (Å²) in [6.45, 7) is 0. The summed E-state index contributed by atoms with van der Waals surface area (Å²) >= 11 is 5.41. The molecule has 0 aliphatic rings. The van der Waals surface area contributed by atoms with Gasteiger partial charge < -0.3 is 4.74 Å². The second-order valence-electron chi connectivity index (χ2n) is 3.31. The van der Waals surface area contributed by atoms with E-state index in [1.165, 1.54) is 0 Å². The van der Waals surface area contributed by atoms with E-state index in [4.69, 9.17) is 16.9 Å². The van der Waals surface area contributed by atoms with Gasteiger partial charge in [0.2, 0.25) is 5.88 Å². The molecule has 0 aliphatic heterocycles. The van der Waals surface area contributed by atoms with Crippen molar-refractivity contribution in [3.05, 3.63) is 22.9 Å². The van der Waals surface area contributed by atoms with Crippen molar-refractivity contribution in [1.29, 1.82) is 5.26 Å². The summed E-state index contributed by atoms with van der Waals surface area (Å²) in [7, 11) is 0. The Morgan fingerprint density at radius 3 is 2.47 bits per heavy atom. The molecule has 0 saturated carbocycles. The lowest BCUT2D eigenvalue weighted by Gasteiger charge is -2.15. The van der Waals surface area contributed by atoms with Crippen LogP contribution in [-0.4, -0.2) is 11.3 Å². The number of rotatable bonds is 4. The van der Waals surface area contributed by atoms with Crippen molar-refractivity contribution in [2.45, 2.75) is 25.1 Å². The zero-order valence-electron chi connectivity index (χ0n) is 9.14. The average Bonchev–Trinajstić information content (AvgIpc) is 2.25. The molecule has 0 radical (unpaired) electrons. The van der Waals surface area contributed by atoms with Crippen molar-refractivity contribution in [3.8, 4) is 11.9 Å². The van der Waals surface area contributed by atoms with E-state index in [9.17, 15) is 22.0 Å². The number of hydrogen-bond acceptors (Lipinski definition) is 3. The maximum absolute atomic E-state index is 12.8. The van der Waals surface area contributed by atoms with E-state index in [0.29, 0.717) is 0 Å². The van der Waals surface area contributed by atoms with Gasteiger partial charge in [-0.05, 0) is 11.6 Å². The van der Waals surface area contributed by atoms with Crippen LogP contribution >= 0.6 is 11.6 Å². The third-order valence-corrected chi connectivity index (χ3v) is 2.29. The van der Waals surface area contributed by atoms with Gasteiger partial charge >= 0.3 is 6.36 Å². The molecule has 0 bridgehead atoms. The molecule has 0 aliphatic carbocycles. The van der Waals surface area contributed by atoms with Gasteiger partial charge in [-0.15, -0.1) is 24.8 Å². The van der Waals surface area contributed by atoms with Gasteiger partial charge in [-0.3, -0.25) is 0 Å². The number of ether oxygens (including phenoxy) is 1.